The van der Waals surface area contributed by atoms with Crippen molar-refractivity contribution in [3.8, 4) is 0 Å². The number of ether oxygens (including phenoxy) is 1. The quantitative estimate of drug-likeness (QED) is 0.374. The monoisotopic (exact) mass is 429 g/mol. The van der Waals surface area contributed by atoms with Gasteiger partial charge in [-0.1, -0.05) is 39.8 Å². The van der Waals surface area contributed by atoms with E-state index < -0.39 is 0 Å². The number of carbonyl (C=O) groups excluding carboxylic acids is 1. The minimum atomic E-state index is -0.302. The number of hydrogen-bond acceptors (Lipinski definition) is 3. The van der Waals surface area contributed by atoms with Gasteiger partial charge in [0.2, 0.25) is 0 Å². The fourth-order valence-corrected chi connectivity index (χ4v) is 8.61. The second-order valence-corrected chi connectivity index (χ2v) is 11.3. The SMILES string of the molecule is C=C(C)C1CCC2C3CCC4CC(=N)C(C(=O)OCC)CCC4(C)C3CCC12C.CC. The maximum Gasteiger partial charge on any atom is 0.314 e. The maximum absolute atomic E-state index is 12.5. The molecule has 0 bridgehead atoms. The van der Waals surface area contributed by atoms with Crippen molar-refractivity contribution in [1.29, 1.82) is 5.41 Å². The van der Waals surface area contributed by atoms with Crippen molar-refractivity contribution in [3.05, 3.63) is 12.2 Å². The largest absolute Gasteiger partial charge is 0.465 e. The zero-order chi connectivity index (χ0) is 23.0. The zero-order valence-corrected chi connectivity index (χ0v) is 21.1. The van der Waals surface area contributed by atoms with Crippen LogP contribution in [-0.4, -0.2) is 18.3 Å². The van der Waals surface area contributed by atoms with E-state index in [0.717, 1.165) is 37.0 Å². The standard InChI is InChI=1S/C26H41NO2.C2H6/c1-6-29-24(28)19-11-13-25(4)17(15-23(19)27)7-8-18-21-10-9-20(16(2)3)26(21,5)14-12-22(18)25;1-2/h17-22,27H,2,6-15H2,1,3-5H3;1-2H3. The van der Waals surface area contributed by atoms with Gasteiger partial charge in [-0.05, 0) is 112 Å². The van der Waals surface area contributed by atoms with Gasteiger partial charge in [-0.25, -0.2) is 0 Å². The predicted molar refractivity (Wildman–Crippen MR) is 129 cm³/mol. The normalized spacial score (nSPS) is 44.0. The highest BCUT2D eigenvalue weighted by Gasteiger charge is 2.60. The Balaban J connectivity index is 0.00000132. The van der Waals surface area contributed by atoms with Gasteiger partial charge in [0.25, 0.3) is 0 Å². The summed E-state index contributed by atoms with van der Waals surface area (Å²) in [6.07, 6.45) is 10.6. The molecule has 0 spiro atoms. The first kappa shape index (κ1) is 24.5. The molecule has 8 atom stereocenters. The average Bonchev–Trinajstić information content (AvgIpc) is 3.02. The Labute approximate surface area is 191 Å². The molecular weight excluding hydrogens is 382 g/mol. The number of esters is 1. The molecule has 0 aromatic carbocycles. The second-order valence-electron chi connectivity index (χ2n) is 11.3. The predicted octanol–water partition coefficient (Wildman–Crippen LogP) is 7.45. The van der Waals surface area contributed by atoms with Crippen LogP contribution in [0.3, 0.4) is 0 Å². The van der Waals surface area contributed by atoms with Crippen molar-refractivity contribution >= 4 is 11.7 Å². The third-order valence-corrected chi connectivity index (χ3v) is 10.1. The van der Waals surface area contributed by atoms with Crippen molar-refractivity contribution < 1.29 is 9.53 Å². The molecule has 4 saturated carbocycles. The molecule has 0 aromatic heterocycles. The lowest BCUT2D eigenvalue weighted by Gasteiger charge is -2.59. The fourth-order valence-electron chi connectivity index (χ4n) is 8.61. The van der Waals surface area contributed by atoms with Gasteiger partial charge in [0.15, 0.2) is 0 Å². The molecule has 31 heavy (non-hydrogen) atoms. The molecule has 0 amide bonds. The summed E-state index contributed by atoms with van der Waals surface area (Å²) >= 11 is 0. The van der Waals surface area contributed by atoms with Crippen molar-refractivity contribution in [2.45, 2.75) is 99.3 Å². The summed E-state index contributed by atoms with van der Waals surface area (Å²) in [5.74, 6) is 3.23. The summed E-state index contributed by atoms with van der Waals surface area (Å²) < 4.78 is 5.32. The summed E-state index contributed by atoms with van der Waals surface area (Å²) in [5.41, 5.74) is 2.76. The second kappa shape index (κ2) is 9.40. The van der Waals surface area contributed by atoms with Crippen LogP contribution in [-0.2, 0) is 9.53 Å². The third kappa shape index (κ3) is 4.04. The molecular formula is C28H47NO2. The van der Waals surface area contributed by atoms with Gasteiger partial charge in [0, 0.05) is 5.71 Å². The van der Waals surface area contributed by atoms with Crippen molar-refractivity contribution in [1.82, 2.24) is 0 Å². The van der Waals surface area contributed by atoms with Crippen LogP contribution < -0.4 is 0 Å². The minimum Gasteiger partial charge on any atom is -0.465 e. The van der Waals surface area contributed by atoms with Gasteiger partial charge < -0.3 is 10.1 Å². The molecule has 3 nitrogen and oxygen atoms in total. The van der Waals surface area contributed by atoms with E-state index in [1.165, 1.54) is 44.1 Å². The van der Waals surface area contributed by atoms with Crippen LogP contribution in [0.25, 0.3) is 0 Å². The van der Waals surface area contributed by atoms with E-state index in [4.69, 9.17) is 10.1 Å². The molecule has 4 aliphatic carbocycles. The molecule has 0 aromatic rings. The molecule has 8 unspecified atom stereocenters. The first-order chi connectivity index (χ1) is 14.7. The Hall–Kier alpha value is -1.12. The number of hydrogen-bond donors (Lipinski definition) is 1. The lowest BCUT2D eigenvalue weighted by molar-refractivity contribution is -0.146. The smallest absolute Gasteiger partial charge is 0.314 e. The van der Waals surface area contributed by atoms with Crippen molar-refractivity contribution in [2.75, 3.05) is 6.61 Å². The number of allylic oxidation sites excluding steroid dienone is 1. The molecule has 3 heteroatoms. The van der Waals surface area contributed by atoms with Gasteiger partial charge in [-0.2, -0.15) is 0 Å². The molecule has 0 aliphatic heterocycles. The number of fused-ring (bicyclic) bond motifs is 5. The van der Waals surface area contributed by atoms with Gasteiger partial charge in [-0.15, -0.1) is 0 Å². The third-order valence-electron chi connectivity index (χ3n) is 10.1. The molecule has 4 rings (SSSR count). The molecule has 0 saturated heterocycles. The van der Waals surface area contributed by atoms with Crippen LogP contribution in [0.2, 0.25) is 0 Å². The lowest BCUT2D eigenvalue weighted by Crippen LogP contribution is -2.51. The summed E-state index contributed by atoms with van der Waals surface area (Å²) in [4.78, 5) is 12.5. The molecule has 176 valence electrons. The van der Waals surface area contributed by atoms with Crippen molar-refractivity contribution in [3.63, 3.8) is 0 Å². The molecule has 0 radical (unpaired) electrons. The van der Waals surface area contributed by atoms with Crippen LogP contribution in [0.4, 0.5) is 0 Å². The Morgan fingerprint density at radius 3 is 2.32 bits per heavy atom. The maximum atomic E-state index is 12.5. The van der Waals surface area contributed by atoms with E-state index in [2.05, 4.69) is 27.4 Å². The summed E-state index contributed by atoms with van der Waals surface area (Å²) in [5, 5.41) is 8.65. The van der Waals surface area contributed by atoms with Crippen LogP contribution in [0.5, 0.6) is 0 Å². The summed E-state index contributed by atoms with van der Waals surface area (Å²) in [6.45, 7) is 18.0. The zero-order valence-electron chi connectivity index (χ0n) is 21.1. The van der Waals surface area contributed by atoms with E-state index in [-0.39, 0.29) is 17.3 Å². The van der Waals surface area contributed by atoms with Crippen LogP contribution in [0.15, 0.2) is 12.2 Å². The van der Waals surface area contributed by atoms with E-state index in [0.29, 0.717) is 29.6 Å². The van der Waals surface area contributed by atoms with Gasteiger partial charge in [-0.3, -0.25) is 4.79 Å². The summed E-state index contributed by atoms with van der Waals surface area (Å²) in [7, 11) is 0. The molecule has 4 fully saturated rings. The number of carbonyl (C=O) groups is 1. The minimum absolute atomic E-state index is 0.160. The Kier molecular flexibility index (Phi) is 7.43. The van der Waals surface area contributed by atoms with E-state index in [9.17, 15) is 4.79 Å². The Bertz CT molecular complexity index is 699. The van der Waals surface area contributed by atoms with Crippen molar-refractivity contribution in [2.24, 2.45) is 46.3 Å². The van der Waals surface area contributed by atoms with Gasteiger partial charge >= 0.3 is 5.97 Å². The number of nitrogens with one attached hydrogen (secondary N) is 1. The van der Waals surface area contributed by atoms with Crippen LogP contribution in [0.1, 0.15) is 99.3 Å². The van der Waals surface area contributed by atoms with Gasteiger partial charge in [0.05, 0.1) is 12.5 Å². The lowest BCUT2D eigenvalue weighted by atomic mass is 9.46. The molecule has 4 aliphatic rings. The number of rotatable bonds is 3. The highest BCUT2D eigenvalue weighted by atomic mass is 16.5. The van der Waals surface area contributed by atoms with E-state index in [1.807, 2.05) is 20.8 Å². The summed E-state index contributed by atoms with van der Waals surface area (Å²) in [6, 6.07) is 0. The van der Waals surface area contributed by atoms with Gasteiger partial charge in [0.1, 0.15) is 0 Å². The molecule has 0 heterocycles. The molecule has 1 N–H and O–H groups in total. The first-order valence-corrected chi connectivity index (χ1v) is 13.1. The van der Waals surface area contributed by atoms with Crippen LogP contribution in [0, 0.1) is 51.7 Å². The topological polar surface area (TPSA) is 50.2 Å². The Morgan fingerprint density at radius 2 is 1.68 bits per heavy atom. The van der Waals surface area contributed by atoms with Crippen LogP contribution >= 0.6 is 0 Å². The average molecular weight is 430 g/mol. The van der Waals surface area contributed by atoms with E-state index >= 15 is 0 Å². The highest BCUT2D eigenvalue weighted by molar-refractivity contribution is 6.00. The highest BCUT2D eigenvalue weighted by Crippen LogP contribution is 2.67. The fraction of sp³-hybridized carbons (Fsp3) is 0.857. The first-order valence-electron chi connectivity index (χ1n) is 13.1. The van der Waals surface area contributed by atoms with E-state index in [1.54, 1.807) is 0 Å². The Morgan fingerprint density at radius 1 is 1.03 bits per heavy atom.